The van der Waals surface area contributed by atoms with E-state index in [9.17, 15) is 0 Å². The van der Waals surface area contributed by atoms with Gasteiger partial charge in [-0.2, -0.15) is 0 Å². The highest BCUT2D eigenvalue weighted by Gasteiger charge is 2.25. The molecule has 0 atom stereocenters. The summed E-state index contributed by atoms with van der Waals surface area (Å²) in [6, 6.07) is 12.1. The number of aromatic nitrogens is 1. The van der Waals surface area contributed by atoms with Crippen LogP contribution in [0.15, 0.2) is 42.6 Å². The molecular weight excluding hydrogens is 256 g/mol. The average molecular weight is 268 g/mol. The van der Waals surface area contributed by atoms with Crippen LogP contribution in [-0.2, 0) is 0 Å². The Balaban J connectivity index is 1.79. The molecule has 94 valence electrons. The van der Waals surface area contributed by atoms with Gasteiger partial charge < -0.3 is 16.4 Å². The second kappa shape index (κ2) is 3.86. The molecule has 1 aromatic carbocycles. The third-order valence-corrected chi connectivity index (χ3v) is 4.52. The van der Waals surface area contributed by atoms with Gasteiger partial charge in [0, 0.05) is 11.6 Å². The lowest BCUT2D eigenvalue weighted by atomic mass is 10.2. The van der Waals surface area contributed by atoms with E-state index in [0.29, 0.717) is 0 Å². The Labute approximate surface area is 114 Å². The number of hydrogen-bond acceptors (Lipinski definition) is 5. The SMILES string of the molecule is Nc1c(C2Nc3ccccc3N2)sc2ncccc12. The molecule has 3 heterocycles. The van der Waals surface area contributed by atoms with Crippen LogP contribution in [-0.4, -0.2) is 4.98 Å². The van der Waals surface area contributed by atoms with Crippen LogP contribution in [0.1, 0.15) is 11.0 Å². The molecule has 4 nitrogen and oxygen atoms in total. The lowest BCUT2D eigenvalue weighted by Crippen LogP contribution is -2.11. The lowest BCUT2D eigenvalue weighted by Gasteiger charge is -2.11. The summed E-state index contributed by atoms with van der Waals surface area (Å²) < 4.78 is 0. The molecule has 0 unspecified atom stereocenters. The van der Waals surface area contributed by atoms with Gasteiger partial charge in [0.25, 0.3) is 0 Å². The van der Waals surface area contributed by atoms with Crippen molar-refractivity contribution < 1.29 is 0 Å². The Hall–Kier alpha value is -2.27. The Morgan fingerprint density at radius 3 is 2.47 bits per heavy atom. The summed E-state index contributed by atoms with van der Waals surface area (Å²) in [6.07, 6.45) is 1.82. The number of rotatable bonds is 1. The number of nitrogen functional groups attached to an aromatic ring is 1. The molecule has 0 spiro atoms. The molecule has 3 aromatic rings. The predicted octanol–water partition coefficient (Wildman–Crippen LogP) is 3.41. The standard InChI is InChI=1S/C14H12N4S/c15-11-8-4-3-7-16-14(8)19-12(11)13-17-9-5-1-2-6-10(9)18-13/h1-7,13,17-18H,15H2. The van der Waals surface area contributed by atoms with E-state index in [1.165, 1.54) is 0 Å². The molecule has 4 N–H and O–H groups in total. The minimum absolute atomic E-state index is 0.0246. The number of nitrogens with zero attached hydrogens (tertiary/aromatic N) is 1. The minimum Gasteiger partial charge on any atom is -0.397 e. The van der Waals surface area contributed by atoms with Crippen LogP contribution in [0.3, 0.4) is 0 Å². The van der Waals surface area contributed by atoms with Crippen LogP contribution in [0, 0.1) is 0 Å². The van der Waals surface area contributed by atoms with Gasteiger partial charge in [-0.15, -0.1) is 11.3 Å². The fourth-order valence-corrected chi connectivity index (χ4v) is 3.46. The van der Waals surface area contributed by atoms with E-state index in [1.54, 1.807) is 17.5 Å². The van der Waals surface area contributed by atoms with Crippen LogP contribution < -0.4 is 16.4 Å². The molecule has 19 heavy (non-hydrogen) atoms. The first-order valence-electron chi connectivity index (χ1n) is 6.08. The van der Waals surface area contributed by atoms with Gasteiger partial charge >= 0.3 is 0 Å². The first-order chi connectivity index (χ1) is 9.33. The molecule has 0 saturated carbocycles. The van der Waals surface area contributed by atoms with E-state index in [1.807, 2.05) is 24.3 Å². The fraction of sp³-hybridized carbons (Fsp3) is 0.0714. The molecule has 0 radical (unpaired) electrons. The number of hydrogen-bond donors (Lipinski definition) is 3. The number of fused-ring (bicyclic) bond motifs is 2. The lowest BCUT2D eigenvalue weighted by molar-refractivity contribution is 0.972. The van der Waals surface area contributed by atoms with Crippen molar-refractivity contribution in [2.24, 2.45) is 0 Å². The molecule has 1 aliphatic heterocycles. The third-order valence-electron chi connectivity index (χ3n) is 3.32. The zero-order chi connectivity index (χ0) is 12.8. The molecule has 0 fully saturated rings. The number of thiophene rings is 1. The Morgan fingerprint density at radius 2 is 1.79 bits per heavy atom. The Morgan fingerprint density at radius 1 is 1.05 bits per heavy atom. The maximum Gasteiger partial charge on any atom is 0.135 e. The van der Waals surface area contributed by atoms with Gasteiger partial charge in [0.05, 0.1) is 21.9 Å². The van der Waals surface area contributed by atoms with E-state index in [4.69, 9.17) is 5.73 Å². The highest BCUT2D eigenvalue weighted by atomic mass is 32.1. The fourth-order valence-electron chi connectivity index (χ4n) is 2.40. The van der Waals surface area contributed by atoms with Gasteiger partial charge in [0.15, 0.2) is 0 Å². The van der Waals surface area contributed by atoms with Crippen LogP contribution in [0.5, 0.6) is 0 Å². The van der Waals surface area contributed by atoms with Gasteiger partial charge in [0.2, 0.25) is 0 Å². The van der Waals surface area contributed by atoms with Crippen LogP contribution in [0.4, 0.5) is 17.1 Å². The third kappa shape index (κ3) is 1.55. The molecule has 5 heteroatoms. The van der Waals surface area contributed by atoms with E-state index in [0.717, 1.165) is 32.2 Å². The van der Waals surface area contributed by atoms with E-state index in [-0.39, 0.29) is 6.17 Å². The summed E-state index contributed by atoms with van der Waals surface area (Å²) in [6.45, 7) is 0. The van der Waals surface area contributed by atoms with Crippen LogP contribution >= 0.6 is 11.3 Å². The number of para-hydroxylation sites is 2. The highest BCUT2D eigenvalue weighted by Crippen LogP contribution is 2.42. The first-order valence-corrected chi connectivity index (χ1v) is 6.89. The van der Waals surface area contributed by atoms with Crippen LogP contribution in [0.2, 0.25) is 0 Å². The largest absolute Gasteiger partial charge is 0.397 e. The molecular formula is C14H12N4S. The number of nitrogens with two attached hydrogens (primary N) is 1. The normalized spacial score (nSPS) is 14.1. The zero-order valence-corrected chi connectivity index (χ0v) is 10.9. The van der Waals surface area contributed by atoms with Crippen molar-refractivity contribution in [2.75, 3.05) is 16.4 Å². The second-order valence-corrected chi connectivity index (χ2v) is 5.53. The van der Waals surface area contributed by atoms with Crippen molar-refractivity contribution in [2.45, 2.75) is 6.17 Å². The molecule has 4 rings (SSSR count). The molecule has 0 bridgehead atoms. The molecule has 0 amide bonds. The van der Waals surface area contributed by atoms with Crippen molar-refractivity contribution in [1.82, 2.24) is 4.98 Å². The van der Waals surface area contributed by atoms with Crippen molar-refractivity contribution in [3.63, 3.8) is 0 Å². The van der Waals surface area contributed by atoms with Crippen molar-refractivity contribution >= 4 is 38.6 Å². The van der Waals surface area contributed by atoms with Crippen molar-refractivity contribution in [3.8, 4) is 0 Å². The van der Waals surface area contributed by atoms with E-state index in [2.05, 4.69) is 27.8 Å². The van der Waals surface area contributed by atoms with Gasteiger partial charge in [-0.05, 0) is 24.3 Å². The maximum atomic E-state index is 6.24. The topological polar surface area (TPSA) is 63.0 Å². The minimum atomic E-state index is 0.0246. The monoisotopic (exact) mass is 268 g/mol. The maximum absolute atomic E-state index is 6.24. The van der Waals surface area contributed by atoms with Crippen molar-refractivity contribution in [1.29, 1.82) is 0 Å². The highest BCUT2D eigenvalue weighted by molar-refractivity contribution is 7.19. The first kappa shape index (κ1) is 10.6. The van der Waals surface area contributed by atoms with E-state index >= 15 is 0 Å². The predicted molar refractivity (Wildman–Crippen MR) is 80.5 cm³/mol. The number of benzene rings is 1. The summed E-state index contributed by atoms with van der Waals surface area (Å²) in [5.74, 6) is 0. The second-order valence-electron chi connectivity index (χ2n) is 4.50. The Bertz CT molecular complexity index is 740. The zero-order valence-electron chi connectivity index (χ0n) is 10.1. The quantitative estimate of drug-likeness (QED) is 0.633. The molecule has 1 aliphatic rings. The molecule has 0 saturated heterocycles. The summed E-state index contributed by atoms with van der Waals surface area (Å²) in [5, 5.41) is 7.92. The number of anilines is 3. The van der Waals surface area contributed by atoms with Crippen molar-refractivity contribution in [3.05, 3.63) is 47.5 Å². The van der Waals surface area contributed by atoms with Crippen LogP contribution in [0.25, 0.3) is 10.2 Å². The smallest absolute Gasteiger partial charge is 0.135 e. The van der Waals surface area contributed by atoms with E-state index < -0.39 is 0 Å². The van der Waals surface area contributed by atoms with Gasteiger partial charge in [-0.1, -0.05) is 12.1 Å². The molecule has 2 aromatic heterocycles. The number of pyridine rings is 1. The average Bonchev–Trinajstić information content (AvgIpc) is 3.00. The molecule has 0 aliphatic carbocycles. The summed E-state index contributed by atoms with van der Waals surface area (Å²) in [7, 11) is 0. The summed E-state index contributed by atoms with van der Waals surface area (Å²) in [4.78, 5) is 6.44. The summed E-state index contributed by atoms with van der Waals surface area (Å²) >= 11 is 1.63. The van der Waals surface area contributed by atoms with Gasteiger partial charge in [0.1, 0.15) is 11.0 Å². The van der Waals surface area contributed by atoms with Gasteiger partial charge in [-0.3, -0.25) is 0 Å². The van der Waals surface area contributed by atoms with Gasteiger partial charge in [-0.25, -0.2) is 4.98 Å². The Kier molecular flexibility index (Phi) is 2.16. The summed E-state index contributed by atoms with van der Waals surface area (Å²) in [5.41, 5.74) is 9.27. The number of nitrogens with one attached hydrogen (secondary N) is 2.